The minimum Gasteiger partial charge on any atom is -0.481 e. The van der Waals surface area contributed by atoms with Crippen LogP contribution in [0.5, 0.6) is 5.75 Å². The van der Waals surface area contributed by atoms with Gasteiger partial charge in [-0.15, -0.1) is 11.3 Å². The van der Waals surface area contributed by atoms with Crippen LogP contribution in [-0.4, -0.2) is 22.9 Å². The highest BCUT2D eigenvalue weighted by Crippen LogP contribution is 2.29. The van der Waals surface area contributed by atoms with Crippen molar-refractivity contribution >= 4 is 28.3 Å². The molecule has 0 bridgehead atoms. The predicted molar refractivity (Wildman–Crippen MR) is 134 cm³/mol. The van der Waals surface area contributed by atoms with Crippen molar-refractivity contribution in [3.05, 3.63) is 64.5 Å². The number of ether oxygens (including phenoxy) is 1. The van der Waals surface area contributed by atoms with Gasteiger partial charge in [-0.25, -0.2) is 4.98 Å². The summed E-state index contributed by atoms with van der Waals surface area (Å²) < 4.78 is 6.01. The number of hydrogen-bond donors (Lipinski definition) is 2. The molecule has 2 aromatic carbocycles. The second-order valence-electron chi connectivity index (χ2n) is 8.53. The van der Waals surface area contributed by atoms with Crippen LogP contribution in [0.1, 0.15) is 63.3 Å². The highest BCUT2D eigenvalue weighted by atomic mass is 32.1. The Balaban J connectivity index is 1.65. The Morgan fingerprint density at radius 2 is 1.73 bits per heavy atom. The lowest BCUT2D eigenvalue weighted by Gasteiger charge is -2.19. The van der Waals surface area contributed by atoms with Crippen LogP contribution in [0, 0.1) is 6.92 Å². The van der Waals surface area contributed by atoms with Crippen molar-refractivity contribution in [2.75, 3.05) is 5.32 Å². The fourth-order valence-corrected chi connectivity index (χ4v) is 4.19. The molecule has 2 amide bonds. The van der Waals surface area contributed by atoms with Crippen molar-refractivity contribution in [3.8, 4) is 17.0 Å². The maximum Gasteiger partial charge on any atom is 0.266 e. The number of aromatic nitrogens is 1. The van der Waals surface area contributed by atoms with Gasteiger partial charge in [-0.3, -0.25) is 14.9 Å². The topological polar surface area (TPSA) is 80.3 Å². The third-order valence-corrected chi connectivity index (χ3v) is 6.08. The molecule has 1 heterocycles. The molecule has 0 fully saturated rings. The molecule has 0 saturated heterocycles. The summed E-state index contributed by atoms with van der Waals surface area (Å²) in [7, 11) is 0. The first-order valence-corrected chi connectivity index (χ1v) is 11.9. The summed E-state index contributed by atoms with van der Waals surface area (Å²) in [6.07, 6.45) is -0.661. The smallest absolute Gasteiger partial charge is 0.266 e. The average Bonchev–Trinajstić information content (AvgIpc) is 3.21. The number of thiazole rings is 1. The van der Waals surface area contributed by atoms with Crippen molar-refractivity contribution in [2.45, 2.75) is 59.6 Å². The van der Waals surface area contributed by atoms with Crippen LogP contribution in [0.25, 0.3) is 11.3 Å². The van der Waals surface area contributed by atoms with Crippen molar-refractivity contribution in [2.24, 2.45) is 0 Å². The molecule has 0 radical (unpaired) electrons. The van der Waals surface area contributed by atoms with E-state index in [1.807, 2.05) is 49.6 Å². The van der Waals surface area contributed by atoms with Crippen LogP contribution >= 0.6 is 11.3 Å². The second-order valence-corrected chi connectivity index (χ2v) is 9.39. The van der Waals surface area contributed by atoms with Crippen LogP contribution in [-0.2, 0) is 9.59 Å². The van der Waals surface area contributed by atoms with Crippen molar-refractivity contribution < 1.29 is 14.3 Å². The minimum atomic E-state index is -0.661. The van der Waals surface area contributed by atoms with Gasteiger partial charge in [0.1, 0.15) is 5.75 Å². The number of carbonyl (C=O) groups excluding carboxylic acids is 2. The Hall–Kier alpha value is -3.19. The van der Waals surface area contributed by atoms with E-state index in [9.17, 15) is 9.59 Å². The highest BCUT2D eigenvalue weighted by molar-refractivity contribution is 7.14. The summed E-state index contributed by atoms with van der Waals surface area (Å²) in [5.74, 6) is 0.727. The van der Waals surface area contributed by atoms with Gasteiger partial charge in [-0.1, -0.05) is 50.2 Å². The Kier molecular flexibility index (Phi) is 7.87. The first-order valence-electron chi connectivity index (χ1n) is 11.0. The lowest BCUT2D eigenvalue weighted by Crippen LogP contribution is -2.30. The number of rotatable bonds is 8. The van der Waals surface area contributed by atoms with Crippen LogP contribution in [0.2, 0.25) is 0 Å². The van der Waals surface area contributed by atoms with E-state index < -0.39 is 6.10 Å². The number of aryl methyl sites for hydroxylation is 1. The van der Waals surface area contributed by atoms with Gasteiger partial charge < -0.3 is 10.1 Å². The van der Waals surface area contributed by atoms with Crippen LogP contribution < -0.4 is 15.4 Å². The van der Waals surface area contributed by atoms with E-state index in [0.29, 0.717) is 11.0 Å². The predicted octanol–water partition coefficient (Wildman–Crippen LogP) is 5.85. The standard InChI is InChI=1S/C26H31N3O3S/c1-15(2)22-12-7-16(3)13-24(22)32-18(5)25(31)29-26-28-23(14-33-26)21-10-8-20(9-11-21)17(4)27-19(6)30/h7-15,17-18H,1-6H3,(H,27,30)(H,28,29,31)/t17-,18+/m1/s1. The molecule has 3 aromatic rings. The van der Waals surface area contributed by atoms with Gasteiger partial charge in [0, 0.05) is 17.9 Å². The fraction of sp³-hybridized carbons (Fsp3) is 0.346. The number of nitrogens with zero attached hydrogens (tertiary/aromatic N) is 1. The molecule has 2 atom stereocenters. The number of benzene rings is 2. The third-order valence-electron chi connectivity index (χ3n) is 5.32. The zero-order valence-electron chi connectivity index (χ0n) is 19.9. The molecule has 0 aliphatic heterocycles. The molecule has 33 heavy (non-hydrogen) atoms. The molecular formula is C26H31N3O3S. The van der Waals surface area contributed by atoms with Gasteiger partial charge in [-0.2, -0.15) is 0 Å². The molecule has 0 saturated carbocycles. The molecule has 0 unspecified atom stereocenters. The molecule has 7 heteroatoms. The summed E-state index contributed by atoms with van der Waals surface area (Å²) in [5.41, 5.74) is 4.90. The maximum atomic E-state index is 12.7. The van der Waals surface area contributed by atoms with Crippen molar-refractivity contribution in [3.63, 3.8) is 0 Å². The maximum absolute atomic E-state index is 12.7. The summed E-state index contributed by atoms with van der Waals surface area (Å²) in [6, 6.07) is 13.9. The molecule has 0 spiro atoms. The summed E-state index contributed by atoms with van der Waals surface area (Å²) in [4.78, 5) is 28.5. The number of carbonyl (C=O) groups is 2. The Morgan fingerprint density at radius 1 is 1.03 bits per heavy atom. The highest BCUT2D eigenvalue weighted by Gasteiger charge is 2.19. The largest absolute Gasteiger partial charge is 0.481 e. The number of hydrogen-bond acceptors (Lipinski definition) is 5. The molecule has 174 valence electrons. The summed E-state index contributed by atoms with van der Waals surface area (Å²) in [6.45, 7) is 11.4. The minimum absolute atomic E-state index is 0.0621. The summed E-state index contributed by atoms with van der Waals surface area (Å²) in [5, 5.41) is 8.17. The molecule has 6 nitrogen and oxygen atoms in total. The third kappa shape index (κ3) is 6.42. The number of amides is 2. The van der Waals surface area contributed by atoms with Crippen LogP contribution in [0.15, 0.2) is 47.8 Å². The van der Waals surface area contributed by atoms with E-state index in [-0.39, 0.29) is 17.9 Å². The Bertz CT molecular complexity index is 1120. The van der Waals surface area contributed by atoms with Gasteiger partial charge in [0.25, 0.3) is 5.91 Å². The molecule has 0 aliphatic rings. The quantitative estimate of drug-likeness (QED) is 0.438. The van der Waals surface area contributed by atoms with E-state index in [4.69, 9.17) is 4.74 Å². The molecular weight excluding hydrogens is 434 g/mol. The first-order chi connectivity index (χ1) is 15.6. The van der Waals surface area contributed by atoms with Crippen molar-refractivity contribution in [1.29, 1.82) is 0 Å². The Labute approximate surface area is 199 Å². The number of nitrogens with one attached hydrogen (secondary N) is 2. The molecule has 3 rings (SSSR count). The van der Waals surface area contributed by atoms with Gasteiger partial charge in [-0.05, 0) is 49.4 Å². The van der Waals surface area contributed by atoms with E-state index >= 15 is 0 Å². The van der Waals surface area contributed by atoms with Crippen molar-refractivity contribution in [1.82, 2.24) is 10.3 Å². The lowest BCUT2D eigenvalue weighted by molar-refractivity contribution is -0.122. The van der Waals surface area contributed by atoms with Gasteiger partial charge >= 0.3 is 0 Å². The number of anilines is 1. The van der Waals surface area contributed by atoms with Gasteiger partial charge in [0.15, 0.2) is 11.2 Å². The fourth-order valence-electron chi connectivity index (χ4n) is 3.47. The van der Waals surface area contributed by atoms with E-state index in [0.717, 1.165) is 33.7 Å². The lowest BCUT2D eigenvalue weighted by atomic mass is 10.0. The van der Waals surface area contributed by atoms with Gasteiger partial charge in [0.05, 0.1) is 11.7 Å². The zero-order chi connectivity index (χ0) is 24.1. The van der Waals surface area contributed by atoms with E-state index in [1.54, 1.807) is 6.92 Å². The zero-order valence-corrected chi connectivity index (χ0v) is 20.7. The molecule has 2 N–H and O–H groups in total. The average molecular weight is 466 g/mol. The van der Waals surface area contributed by atoms with E-state index in [1.165, 1.54) is 18.3 Å². The monoisotopic (exact) mass is 465 g/mol. The first kappa shape index (κ1) is 24.5. The molecule has 1 aromatic heterocycles. The van der Waals surface area contributed by atoms with Crippen LogP contribution in [0.4, 0.5) is 5.13 Å². The Morgan fingerprint density at radius 3 is 2.36 bits per heavy atom. The molecule has 0 aliphatic carbocycles. The normalized spacial score (nSPS) is 12.8. The van der Waals surface area contributed by atoms with E-state index in [2.05, 4.69) is 41.6 Å². The van der Waals surface area contributed by atoms with Gasteiger partial charge in [0.2, 0.25) is 5.91 Å². The summed E-state index contributed by atoms with van der Waals surface area (Å²) >= 11 is 1.37. The van der Waals surface area contributed by atoms with Crippen LogP contribution in [0.3, 0.4) is 0 Å². The second kappa shape index (κ2) is 10.6. The SMILES string of the molecule is CC(=O)N[C@H](C)c1ccc(-c2csc(NC(=O)[C@H](C)Oc3cc(C)ccc3C(C)C)n2)cc1.